The minimum atomic E-state index is -0.674. The number of hydrogen-bond donors (Lipinski definition) is 0. The van der Waals surface area contributed by atoms with Crippen molar-refractivity contribution in [1.29, 1.82) is 0 Å². The summed E-state index contributed by atoms with van der Waals surface area (Å²) in [5.74, 6) is -0.603. The monoisotopic (exact) mass is 388 g/mol. The molecule has 0 bridgehead atoms. The summed E-state index contributed by atoms with van der Waals surface area (Å²) in [6.45, 7) is 9.03. The maximum atomic E-state index is 12.1. The van der Waals surface area contributed by atoms with Gasteiger partial charge in [0.2, 0.25) is 5.91 Å². The van der Waals surface area contributed by atoms with E-state index in [1.807, 2.05) is 24.3 Å². The zero-order valence-corrected chi connectivity index (χ0v) is 16.6. The Labute approximate surface area is 163 Å². The first-order valence-electron chi connectivity index (χ1n) is 8.69. The van der Waals surface area contributed by atoms with Crippen molar-refractivity contribution < 1.29 is 19.1 Å². The molecule has 0 fully saturated rings. The van der Waals surface area contributed by atoms with Gasteiger partial charge < -0.3 is 9.47 Å². The molecule has 1 heterocycles. The molecule has 1 aromatic heterocycles. The minimum Gasteiger partial charge on any atom is -0.457 e. The van der Waals surface area contributed by atoms with Crippen LogP contribution in [0.3, 0.4) is 0 Å². The van der Waals surface area contributed by atoms with Gasteiger partial charge in [-0.05, 0) is 31.0 Å². The van der Waals surface area contributed by atoms with E-state index in [2.05, 4.69) is 18.5 Å². The van der Waals surface area contributed by atoms with Gasteiger partial charge in [0.15, 0.2) is 11.2 Å². The van der Waals surface area contributed by atoms with Crippen LogP contribution in [0.25, 0.3) is 0 Å². The second-order valence-electron chi connectivity index (χ2n) is 5.87. The lowest BCUT2D eigenvalue weighted by molar-refractivity contribution is -0.156. The van der Waals surface area contributed by atoms with E-state index in [9.17, 15) is 9.59 Å². The van der Waals surface area contributed by atoms with Gasteiger partial charge in [0, 0.05) is 12.3 Å². The largest absolute Gasteiger partial charge is 0.457 e. The van der Waals surface area contributed by atoms with Crippen molar-refractivity contribution in [2.24, 2.45) is 0 Å². The Bertz CT molecular complexity index is 786. The van der Waals surface area contributed by atoms with Crippen LogP contribution in [-0.2, 0) is 32.1 Å². The molecule has 1 amide bonds. The van der Waals surface area contributed by atoms with Crippen LogP contribution in [-0.4, -0.2) is 29.6 Å². The SMILES string of the molecule is C=CCOC(C)C(=O)OCc1csc(N(C(C)=O)c2ccc(CC)cc2)n1. The summed E-state index contributed by atoms with van der Waals surface area (Å²) in [4.78, 5) is 30.0. The fraction of sp³-hybridized carbons (Fsp3) is 0.350. The molecule has 0 spiro atoms. The van der Waals surface area contributed by atoms with Gasteiger partial charge in [-0.3, -0.25) is 9.69 Å². The van der Waals surface area contributed by atoms with Crippen molar-refractivity contribution in [2.75, 3.05) is 11.5 Å². The predicted octanol–water partition coefficient (Wildman–Crippen LogP) is 4.02. The first kappa shape index (κ1) is 20.8. The zero-order valence-electron chi connectivity index (χ0n) is 15.8. The highest BCUT2D eigenvalue weighted by Gasteiger charge is 2.19. The molecular formula is C20H24N2O4S. The summed E-state index contributed by atoms with van der Waals surface area (Å²) in [5.41, 5.74) is 2.53. The van der Waals surface area contributed by atoms with Gasteiger partial charge in [-0.1, -0.05) is 25.1 Å². The van der Waals surface area contributed by atoms with Gasteiger partial charge in [0.1, 0.15) is 6.61 Å². The molecule has 1 unspecified atom stereocenters. The average Bonchev–Trinajstić information content (AvgIpc) is 3.12. The number of thiazole rings is 1. The molecule has 0 aliphatic carbocycles. The number of anilines is 2. The minimum absolute atomic E-state index is 0.0254. The van der Waals surface area contributed by atoms with Crippen molar-refractivity contribution in [3.8, 4) is 0 Å². The fourth-order valence-electron chi connectivity index (χ4n) is 2.32. The van der Waals surface area contributed by atoms with Crippen molar-refractivity contribution in [2.45, 2.75) is 39.9 Å². The molecular weight excluding hydrogens is 364 g/mol. The smallest absolute Gasteiger partial charge is 0.335 e. The maximum absolute atomic E-state index is 12.1. The first-order chi connectivity index (χ1) is 13.0. The van der Waals surface area contributed by atoms with Crippen LogP contribution in [0.5, 0.6) is 0 Å². The van der Waals surface area contributed by atoms with Crippen LogP contribution < -0.4 is 4.90 Å². The maximum Gasteiger partial charge on any atom is 0.335 e. The molecule has 0 N–H and O–H groups in total. The molecule has 0 saturated carbocycles. The van der Waals surface area contributed by atoms with E-state index in [0.29, 0.717) is 10.8 Å². The zero-order chi connectivity index (χ0) is 19.8. The van der Waals surface area contributed by atoms with Crippen LogP contribution in [0.15, 0.2) is 42.3 Å². The van der Waals surface area contributed by atoms with Crippen LogP contribution in [0, 0.1) is 0 Å². The lowest BCUT2D eigenvalue weighted by atomic mass is 10.1. The number of hydrogen-bond acceptors (Lipinski definition) is 6. The molecule has 2 rings (SSSR count). The summed E-state index contributed by atoms with van der Waals surface area (Å²) in [6, 6.07) is 7.79. The van der Waals surface area contributed by atoms with E-state index in [4.69, 9.17) is 9.47 Å². The number of ether oxygens (including phenoxy) is 2. The Morgan fingerprint density at radius 2 is 2.04 bits per heavy atom. The quantitative estimate of drug-likeness (QED) is 0.479. The molecule has 144 valence electrons. The van der Waals surface area contributed by atoms with Gasteiger partial charge in [0.25, 0.3) is 0 Å². The van der Waals surface area contributed by atoms with Crippen molar-refractivity contribution >= 4 is 34.0 Å². The standard InChI is InChI=1S/C20H24N2O4S/c1-5-11-25-14(3)19(24)26-12-17-13-27-20(21-17)22(15(4)23)18-9-7-16(6-2)8-10-18/h5,7-10,13-14H,1,6,11-12H2,2-4H3. The van der Waals surface area contributed by atoms with E-state index in [1.165, 1.54) is 23.8 Å². The summed E-state index contributed by atoms with van der Waals surface area (Å²) in [5, 5.41) is 2.31. The molecule has 0 radical (unpaired) electrons. The highest BCUT2D eigenvalue weighted by Crippen LogP contribution is 2.29. The van der Waals surface area contributed by atoms with Crippen molar-refractivity contribution in [3.05, 3.63) is 53.6 Å². The normalized spacial score (nSPS) is 11.7. The van der Waals surface area contributed by atoms with Crippen LogP contribution in [0.1, 0.15) is 32.0 Å². The summed E-state index contributed by atoms with van der Waals surface area (Å²) < 4.78 is 10.4. The Morgan fingerprint density at radius 1 is 1.33 bits per heavy atom. The van der Waals surface area contributed by atoms with Crippen LogP contribution >= 0.6 is 11.3 Å². The number of esters is 1. The first-order valence-corrected chi connectivity index (χ1v) is 9.57. The molecule has 0 aliphatic rings. The van der Waals surface area contributed by atoms with Gasteiger partial charge in [0.05, 0.1) is 18.0 Å². The lowest BCUT2D eigenvalue weighted by Crippen LogP contribution is -2.24. The summed E-state index contributed by atoms with van der Waals surface area (Å²) >= 11 is 1.32. The van der Waals surface area contributed by atoms with Crippen molar-refractivity contribution in [1.82, 2.24) is 4.98 Å². The van der Waals surface area contributed by atoms with E-state index >= 15 is 0 Å². The topological polar surface area (TPSA) is 68.7 Å². The van der Waals surface area contributed by atoms with E-state index < -0.39 is 12.1 Å². The number of aromatic nitrogens is 1. The number of benzene rings is 1. The Hall–Kier alpha value is -2.51. The third kappa shape index (κ3) is 5.74. The number of rotatable bonds is 9. The number of carbonyl (C=O) groups excluding carboxylic acids is 2. The lowest BCUT2D eigenvalue weighted by Gasteiger charge is -2.18. The molecule has 0 aliphatic heterocycles. The second-order valence-corrected chi connectivity index (χ2v) is 6.70. The van der Waals surface area contributed by atoms with Crippen LogP contribution in [0.2, 0.25) is 0 Å². The second kappa shape index (κ2) is 9.99. The molecule has 1 atom stereocenters. The molecule has 7 heteroatoms. The van der Waals surface area contributed by atoms with Crippen molar-refractivity contribution in [3.63, 3.8) is 0 Å². The third-order valence-corrected chi connectivity index (χ3v) is 4.68. The van der Waals surface area contributed by atoms with Gasteiger partial charge >= 0.3 is 5.97 Å². The highest BCUT2D eigenvalue weighted by atomic mass is 32.1. The molecule has 27 heavy (non-hydrogen) atoms. The number of carbonyl (C=O) groups is 2. The number of nitrogens with zero attached hydrogens (tertiary/aromatic N) is 2. The molecule has 1 aromatic carbocycles. The Kier molecular flexibility index (Phi) is 7.69. The summed E-state index contributed by atoms with van der Waals surface area (Å²) in [7, 11) is 0. The number of amides is 1. The highest BCUT2D eigenvalue weighted by molar-refractivity contribution is 7.14. The fourth-order valence-corrected chi connectivity index (χ4v) is 3.19. The van der Waals surface area contributed by atoms with E-state index in [0.717, 1.165) is 12.1 Å². The average molecular weight is 388 g/mol. The predicted molar refractivity (Wildman–Crippen MR) is 106 cm³/mol. The summed E-state index contributed by atoms with van der Waals surface area (Å²) in [6.07, 6.45) is 1.83. The molecule has 0 saturated heterocycles. The number of aryl methyl sites for hydroxylation is 1. The van der Waals surface area contributed by atoms with Gasteiger partial charge in [-0.15, -0.1) is 17.9 Å². The molecule has 6 nitrogen and oxygen atoms in total. The molecule has 2 aromatic rings. The van der Waals surface area contributed by atoms with Gasteiger partial charge in [-0.2, -0.15) is 0 Å². The Balaban J connectivity index is 2.06. The van der Waals surface area contributed by atoms with Gasteiger partial charge in [-0.25, -0.2) is 9.78 Å². The third-order valence-electron chi connectivity index (χ3n) is 3.81. The van der Waals surface area contributed by atoms with E-state index in [-0.39, 0.29) is 19.1 Å². The Morgan fingerprint density at radius 3 is 2.63 bits per heavy atom. The van der Waals surface area contributed by atoms with E-state index in [1.54, 1.807) is 23.3 Å². The van der Waals surface area contributed by atoms with Crippen LogP contribution in [0.4, 0.5) is 10.8 Å².